The summed E-state index contributed by atoms with van der Waals surface area (Å²) in [5.41, 5.74) is 0.408. The van der Waals surface area contributed by atoms with Crippen LogP contribution in [0.3, 0.4) is 0 Å². The van der Waals surface area contributed by atoms with Crippen molar-refractivity contribution in [1.82, 2.24) is 9.80 Å². The van der Waals surface area contributed by atoms with Crippen LogP contribution in [0.25, 0.3) is 0 Å². The third-order valence-electron chi connectivity index (χ3n) is 5.86. The first-order valence-electron chi connectivity index (χ1n) is 8.62. The predicted octanol–water partition coefficient (Wildman–Crippen LogP) is 1.99. The lowest BCUT2D eigenvalue weighted by Gasteiger charge is -2.49. The molecule has 0 unspecified atom stereocenters. The number of amides is 1. The van der Waals surface area contributed by atoms with Gasteiger partial charge in [0.05, 0.1) is 6.61 Å². The van der Waals surface area contributed by atoms with E-state index in [1.807, 2.05) is 0 Å². The van der Waals surface area contributed by atoms with E-state index < -0.39 is 0 Å². The Morgan fingerprint density at radius 2 is 1.90 bits per heavy atom. The number of rotatable bonds is 4. The lowest BCUT2D eigenvalue weighted by molar-refractivity contribution is -0.148. The van der Waals surface area contributed by atoms with E-state index in [0.29, 0.717) is 17.2 Å². The first-order chi connectivity index (χ1) is 10.1. The zero-order chi connectivity index (χ0) is 14.9. The zero-order valence-corrected chi connectivity index (χ0v) is 13.6. The van der Waals surface area contributed by atoms with Gasteiger partial charge in [0.15, 0.2) is 0 Å². The van der Waals surface area contributed by atoms with Crippen LogP contribution in [0, 0.1) is 17.3 Å². The van der Waals surface area contributed by atoms with Gasteiger partial charge in [0.25, 0.3) is 0 Å². The zero-order valence-electron chi connectivity index (χ0n) is 13.6. The summed E-state index contributed by atoms with van der Waals surface area (Å²) >= 11 is 0. The van der Waals surface area contributed by atoms with Gasteiger partial charge in [-0.05, 0) is 44.6 Å². The lowest BCUT2D eigenvalue weighted by Crippen LogP contribution is -2.60. The maximum absolute atomic E-state index is 12.6. The van der Waals surface area contributed by atoms with Gasteiger partial charge >= 0.3 is 0 Å². The van der Waals surface area contributed by atoms with Gasteiger partial charge in [-0.15, -0.1) is 0 Å². The predicted molar refractivity (Wildman–Crippen MR) is 83.1 cm³/mol. The highest BCUT2D eigenvalue weighted by molar-refractivity contribution is 5.80. The van der Waals surface area contributed by atoms with Crippen LogP contribution in [0.5, 0.6) is 0 Å². The number of likely N-dealkylation sites (tertiary alicyclic amines) is 2. The molecule has 0 atom stereocenters. The molecule has 2 heterocycles. The molecule has 120 valence electrons. The van der Waals surface area contributed by atoms with Gasteiger partial charge in [-0.3, -0.25) is 4.79 Å². The molecule has 3 rings (SSSR count). The van der Waals surface area contributed by atoms with E-state index in [4.69, 9.17) is 4.74 Å². The Labute approximate surface area is 128 Å². The number of methoxy groups -OCH3 is 1. The molecular formula is C17H30N2O2. The highest BCUT2D eigenvalue weighted by Gasteiger charge is 2.49. The van der Waals surface area contributed by atoms with Crippen LogP contribution >= 0.6 is 0 Å². The van der Waals surface area contributed by atoms with E-state index in [2.05, 4.69) is 16.7 Å². The molecule has 0 N–H and O–H groups in total. The first-order valence-corrected chi connectivity index (χ1v) is 8.62. The molecule has 1 saturated carbocycles. The number of hydrogen-bond donors (Lipinski definition) is 0. The number of carbonyl (C=O) groups excluding carboxylic acids is 1. The molecule has 0 aromatic carbocycles. The molecule has 2 aliphatic heterocycles. The fraction of sp³-hybridized carbons (Fsp3) is 0.941. The Kier molecular flexibility index (Phi) is 4.55. The van der Waals surface area contributed by atoms with Crippen molar-refractivity contribution in [2.45, 2.75) is 39.0 Å². The van der Waals surface area contributed by atoms with Crippen LogP contribution in [0.1, 0.15) is 39.0 Å². The number of carbonyl (C=O) groups is 1. The van der Waals surface area contributed by atoms with E-state index in [-0.39, 0.29) is 0 Å². The van der Waals surface area contributed by atoms with Crippen LogP contribution in [-0.2, 0) is 9.53 Å². The summed E-state index contributed by atoms with van der Waals surface area (Å²) in [7, 11) is 1.76. The second-order valence-electron chi connectivity index (χ2n) is 7.67. The molecule has 2 saturated heterocycles. The van der Waals surface area contributed by atoms with E-state index >= 15 is 0 Å². The molecule has 21 heavy (non-hydrogen) atoms. The Balaban J connectivity index is 1.44. The lowest BCUT2D eigenvalue weighted by atomic mass is 9.76. The van der Waals surface area contributed by atoms with Crippen molar-refractivity contribution >= 4 is 5.91 Å². The Hall–Kier alpha value is -0.610. The van der Waals surface area contributed by atoms with E-state index in [0.717, 1.165) is 51.5 Å². The molecule has 4 heteroatoms. The average Bonchev–Trinajstić information content (AvgIpc) is 2.88. The third-order valence-corrected chi connectivity index (χ3v) is 5.86. The highest BCUT2D eigenvalue weighted by atomic mass is 16.5. The fourth-order valence-corrected chi connectivity index (χ4v) is 4.38. The minimum Gasteiger partial charge on any atom is -0.383 e. The molecule has 0 bridgehead atoms. The van der Waals surface area contributed by atoms with Crippen molar-refractivity contribution in [3.05, 3.63) is 0 Å². The summed E-state index contributed by atoms with van der Waals surface area (Å²) in [6.45, 7) is 8.50. The van der Waals surface area contributed by atoms with Gasteiger partial charge in [-0.1, -0.05) is 6.92 Å². The van der Waals surface area contributed by atoms with Gasteiger partial charge in [0.2, 0.25) is 5.91 Å². The van der Waals surface area contributed by atoms with E-state index in [1.165, 1.54) is 25.8 Å². The van der Waals surface area contributed by atoms with Crippen molar-refractivity contribution in [3.8, 4) is 0 Å². The van der Waals surface area contributed by atoms with E-state index in [9.17, 15) is 4.79 Å². The molecule has 0 aromatic rings. The molecule has 3 aliphatic rings. The van der Waals surface area contributed by atoms with Crippen LogP contribution in [0.15, 0.2) is 0 Å². The molecular weight excluding hydrogens is 264 g/mol. The minimum absolute atomic E-state index is 0.324. The Morgan fingerprint density at radius 3 is 2.57 bits per heavy atom. The summed E-state index contributed by atoms with van der Waals surface area (Å²) in [6.07, 6.45) is 5.95. The normalized spacial score (nSPS) is 32.4. The minimum atomic E-state index is 0.324. The highest BCUT2D eigenvalue weighted by Crippen LogP contribution is 2.41. The molecule has 1 spiro atoms. The smallest absolute Gasteiger partial charge is 0.225 e. The molecule has 4 nitrogen and oxygen atoms in total. The Bertz CT molecular complexity index is 371. The van der Waals surface area contributed by atoms with Crippen molar-refractivity contribution in [2.75, 3.05) is 46.4 Å². The first kappa shape index (κ1) is 15.3. The van der Waals surface area contributed by atoms with Crippen LogP contribution in [0.2, 0.25) is 0 Å². The molecule has 1 amide bonds. The van der Waals surface area contributed by atoms with E-state index in [1.54, 1.807) is 7.11 Å². The van der Waals surface area contributed by atoms with Gasteiger partial charge in [0.1, 0.15) is 0 Å². The molecule has 1 aliphatic carbocycles. The second kappa shape index (κ2) is 6.25. The van der Waals surface area contributed by atoms with Crippen LogP contribution < -0.4 is 0 Å². The third kappa shape index (κ3) is 3.26. The summed E-state index contributed by atoms with van der Waals surface area (Å²) in [5, 5.41) is 0. The maximum atomic E-state index is 12.6. The summed E-state index contributed by atoms with van der Waals surface area (Å²) in [5.74, 6) is 1.59. The van der Waals surface area contributed by atoms with Gasteiger partial charge in [0, 0.05) is 44.6 Å². The average molecular weight is 294 g/mol. The number of ether oxygens (including phenoxy) is 1. The SMILES string of the molecule is COCCN1CCC2(C1)CN(C(=O)C1CCC(C)CC1)C2. The number of nitrogens with zero attached hydrogens (tertiary/aromatic N) is 2. The van der Waals surface area contributed by atoms with Gasteiger partial charge < -0.3 is 14.5 Å². The van der Waals surface area contributed by atoms with Crippen molar-refractivity contribution < 1.29 is 9.53 Å². The summed E-state index contributed by atoms with van der Waals surface area (Å²) in [6, 6.07) is 0. The van der Waals surface area contributed by atoms with Crippen LogP contribution in [-0.4, -0.2) is 62.1 Å². The quantitative estimate of drug-likeness (QED) is 0.795. The monoisotopic (exact) mass is 294 g/mol. The van der Waals surface area contributed by atoms with Gasteiger partial charge in [-0.25, -0.2) is 0 Å². The Morgan fingerprint density at radius 1 is 1.19 bits per heavy atom. The standard InChI is InChI=1S/C17H30N2O2/c1-14-3-5-15(6-4-14)16(20)19-12-17(13-19)7-8-18(11-17)9-10-21-2/h14-15H,3-13H2,1-2H3. The summed E-state index contributed by atoms with van der Waals surface area (Å²) in [4.78, 5) is 17.2. The second-order valence-corrected chi connectivity index (χ2v) is 7.67. The van der Waals surface area contributed by atoms with Crippen LogP contribution in [0.4, 0.5) is 0 Å². The fourth-order valence-electron chi connectivity index (χ4n) is 4.38. The van der Waals surface area contributed by atoms with Gasteiger partial charge in [-0.2, -0.15) is 0 Å². The maximum Gasteiger partial charge on any atom is 0.225 e. The van der Waals surface area contributed by atoms with Crippen molar-refractivity contribution in [2.24, 2.45) is 17.3 Å². The molecule has 0 aromatic heterocycles. The number of hydrogen-bond acceptors (Lipinski definition) is 3. The van der Waals surface area contributed by atoms with Crippen molar-refractivity contribution in [3.63, 3.8) is 0 Å². The largest absolute Gasteiger partial charge is 0.383 e. The molecule has 3 fully saturated rings. The molecule has 0 radical (unpaired) electrons. The van der Waals surface area contributed by atoms with Crippen molar-refractivity contribution in [1.29, 1.82) is 0 Å². The topological polar surface area (TPSA) is 32.8 Å². The summed E-state index contributed by atoms with van der Waals surface area (Å²) < 4.78 is 5.16.